The molecule has 0 bridgehead atoms. The second kappa shape index (κ2) is 5.42. The standard InChI is InChI=1S/C14H17N5O/c1-9-16-13(19-18-9)12-7-11(8-15-12)17-14(20)10-5-3-2-4-6-10/h2-6,11-12,15H,7-8H2,1H3,(H,17,20)(H,16,18,19)/t11-,12-/m0/s1. The summed E-state index contributed by atoms with van der Waals surface area (Å²) in [7, 11) is 0. The number of aromatic nitrogens is 3. The van der Waals surface area contributed by atoms with Crippen LogP contribution in [0.4, 0.5) is 0 Å². The zero-order valence-corrected chi connectivity index (χ0v) is 11.3. The number of carbonyl (C=O) groups excluding carboxylic acids is 1. The molecule has 20 heavy (non-hydrogen) atoms. The Morgan fingerprint density at radius 1 is 1.35 bits per heavy atom. The van der Waals surface area contributed by atoms with Crippen molar-refractivity contribution >= 4 is 5.91 Å². The molecule has 0 unspecified atom stereocenters. The quantitative estimate of drug-likeness (QED) is 0.776. The molecular weight excluding hydrogens is 254 g/mol. The number of carbonyl (C=O) groups is 1. The first-order valence-electron chi connectivity index (χ1n) is 6.70. The fraction of sp³-hybridized carbons (Fsp3) is 0.357. The summed E-state index contributed by atoms with van der Waals surface area (Å²) in [5.74, 6) is 1.53. The van der Waals surface area contributed by atoms with E-state index in [1.165, 1.54) is 0 Å². The van der Waals surface area contributed by atoms with Crippen LogP contribution in [0.5, 0.6) is 0 Å². The molecule has 0 radical (unpaired) electrons. The normalized spacial score (nSPS) is 21.9. The lowest BCUT2D eigenvalue weighted by Gasteiger charge is -2.11. The molecule has 0 aliphatic carbocycles. The van der Waals surface area contributed by atoms with Crippen molar-refractivity contribution in [3.05, 3.63) is 47.5 Å². The van der Waals surface area contributed by atoms with Gasteiger partial charge in [-0.3, -0.25) is 9.89 Å². The van der Waals surface area contributed by atoms with E-state index in [-0.39, 0.29) is 18.0 Å². The minimum absolute atomic E-state index is 0.0354. The Hall–Kier alpha value is -2.21. The lowest BCUT2D eigenvalue weighted by Crippen LogP contribution is -2.36. The van der Waals surface area contributed by atoms with Crippen LogP contribution < -0.4 is 10.6 Å². The zero-order chi connectivity index (χ0) is 13.9. The van der Waals surface area contributed by atoms with E-state index >= 15 is 0 Å². The molecule has 1 aliphatic heterocycles. The highest BCUT2D eigenvalue weighted by Crippen LogP contribution is 2.20. The second-order valence-electron chi connectivity index (χ2n) is 5.00. The van der Waals surface area contributed by atoms with Crippen molar-refractivity contribution in [3.63, 3.8) is 0 Å². The van der Waals surface area contributed by atoms with E-state index in [2.05, 4.69) is 25.8 Å². The molecule has 1 aromatic carbocycles. The number of benzene rings is 1. The highest BCUT2D eigenvalue weighted by atomic mass is 16.1. The molecule has 1 saturated heterocycles. The molecule has 3 rings (SSSR count). The number of aromatic amines is 1. The predicted molar refractivity (Wildman–Crippen MR) is 74.2 cm³/mol. The van der Waals surface area contributed by atoms with Crippen molar-refractivity contribution in [1.29, 1.82) is 0 Å². The van der Waals surface area contributed by atoms with Crippen LogP contribution >= 0.6 is 0 Å². The average molecular weight is 271 g/mol. The van der Waals surface area contributed by atoms with Crippen LogP contribution in [-0.2, 0) is 0 Å². The Kier molecular flexibility index (Phi) is 3.47. The van der Waals surface area contributed by atoms with E-state index in [0.717, 1.165) is 24.6 Å². The Labute approximate surface area is 117 Å². The van der Waals surface area contributed by atoms with Crippen LogP contribution in [0.3, 0.4) is 0 Å². The highest BCUT2D eigenvalue weighted by molar-refractivity contribution is 5.94. The second-order valence-corrected chi connectivity index (χ2v) is 5.00. The number of hydrogen-bond donors (Lipinski definition) is 3. The number of nitrogens with one attached hydrogen (secondary N) is 3. The summed E-state index contributed by atoms with van der Waals surface area (Å²) < 4.78 is 0. The van der Waals surface area contributed by atoms with Crippen LogP contribution in [0.25, 0.3) is 0 Å². The molecule has 6 nitrogen and oxygen atoms in total. The predicted octanol–water partition coefficient (Wildman–Crippen LogP) is 0.946. The topological polar surface area (TPSA) is 82.7 Å². The van der Waals surface area contributed by atoms with Gasteiger partial charge in [-0.2, -0.15) is 5.10 Å². The maximum absolute atomic E-state index is 12.1. The molecule has 1 aromatic heterocycles. The first-order chi connectivity index (χ1) is 9.72. The summed E-state index contributed by atoms with van der Waals surface area (Å²) in [5, 5.41) is 13.3. The molecule has 2 heterocycles. The molecule has 0 saturated carbocycles. The van der Waals surface area contributed by atoms with Gasteiger partial charge in [0.05, 0.1) is 6.04 Å². The molecule has 1 aliphatic rings. The number of nitrogens with zero attached hydrogens (tertiary/aromatic N) is 2. The molecule has 3 N–H and O–H groups in total. The summed E-state index contributed by atoms with van der Waals surface area (Å²) in [6.45, 7) is 2.59. The number of hydrogen-bond acceptors (Lipinski definition) is 4. The molecule has 6 heteroatoms. The van der Waals surface area contributed by atoms with Crippen LogP contribution in [0.1, 0.15) is 34.5 Å². The highest BCUT2D eigenvalue weighted by Gasteiger charge is 2.28. The summed E-state index contributed by atoms with van der Waals surface area (Å²) >= 11 is 0. The molecule has 2 atom stereocenters. The Morgan fingerprint density at radius 2 is 2.15 bits per heavy atom. The van der Waals surface area contributed by atoms with E-state index in [4.69, 9.17) is 0 Å². The van der Waals surface area contributed by atoms with Crippen LogP contribution in [0.15, 0.2) is 30.3 Å². The van der Waals surface area contributed by atoms with Gasteiger partial charge in [0.2, 0.25) is 0 Å². The van der Waals surface area contributed by atoms with Gasteiger partial charge >= 0.3 is 0 Å². The van der Waals surface area contributed by atoms with Crippen molar-refractivity contribution in [3.8, 4) is 0 Å². The van der Waals surface area contributed by atoms with Crippen molar-refractivity contribution in [2.24, 2.45) is 0 Å². The van der Waals surface area contributed by atoms with Gasteiger partial charge < -0.3 is 10.6 Å². The monoisotopic (exact) mass is 271 g/mol. The van der Waals surface area contributed by atoms with Crippen LogP contribution in [0, 0.1) is 6.92 Å². The molecule has 2 aromatic rings. The molecule has 1 amide bonds. The fourth-order valence-corrected chi connectivity index (χ4v) is 2.43. The Morgan fingerprint density at radius 3 is 2.85 bits per heavy atom. The van der Waals surface area contributed by atoms with Crippen LogP contribution in [0.2, 0.25) is 0 Å². The van der Waals surface area contributed by atoms with Crippen molar-refractivity contribution in [1.82, 2.24) is 25.8 Å². The van der Waals surface area contributed by atoms with Gasteiger partial charge in [-0.25, -0.2) is 4.98 Å². The minimum atomic E-state index is -0.0354. The van der Waals surface area contributed by atoms with Gasteiger partial charge in [0, 0.05) is 18.2 Å². The van der Waals surface area contributed by atoms with Crippen molar-refractivity contribution < 1.29 is 4.79 Å². The number of H-pyrrole nitrogens is 1. The number of aryl methyl sites for hydroxylation is 1. The van der Waals surface area contributed by atoms with Crippen molar-refractivity contribution in [2.45, 2.75) is 25.4 Å². The molecular formula is C14H17N5O. The third-order valence-electron chi connectivity index (χ3n) is 3.45. The van der Waals surface area contributed by atoms with Gasteiger partial charge in [-0.05, 0) is 25.5 Å². The smallest absolute Gasteiger partial charge is 0.251 e. The lowest BCUT2D eigenvalue weighted by atomic mass is 10.1. The van der Waals surface area contributed by atoms with Gasteiger partial charge in [0.1, 0.15) is 11.6 Å². The third kappa shape index (κ3) is 2.70. The fourth-order valence-electron chi connectivity index (χ4n) is 2.43. The van der Waals surface area contributed by atoms with E-state index < -0.39 is 0 Å². The average Bonchev–Trinajstić information content (AvgIpc) is 3.09. The molecule has 104 valence electrons. The van der Waals surface area contributed by atoms with Gasteiger partial charge in [0.15, 0.2) is 0 Å². The van der Waals surface area contributed by atoms with E-state index in [0.29, 0.717) is 5.56 Å². The van der Waals surface area contributed by atoms with E-state index in [1.54, 1.807) is 0 Å². The largest absolute Gasteiger partial charge is 0.348 e. The van der Waals surface area contributed by atoms with Crippen LogP contribution in [-0.4, -0.2) is 33.7 Å². The summed E-state index contributed by atoms with van der Waals surface area (Å²) in [6, 6.07) is 9.49. The number of rotatable bonds is 3. The first-order valence-corrected chi connectivity index (χ1v) is 6.70. The minimum Gasteiger partial charge on any atom is -0.348 e. The molecule has 1 fully saturated rings. The zero-order valence-electron chi connectivity index (χ0n) is 11.3. The maximum atomic E-state index is 12.1. The SMILES string of the molecule is Cc1n[nH]c([C@@H]2C[C@H](NC(=O)c3ccccc3)CN2)n1. The first kappa shape index (κ1) is 12.8. The third-order valence-corrected chi connectivity index (χ3v) is 3.45. The summed E-state index contributed by atoms with van der Waals surface area (Å²) in [6.07, 6.45) is 0.813. The Bertz CT molecular complexity index is 595. The van der Waals surface area contributed by atoms with E-state index in [1.807, 2.05) is 37.3 Å². The summed E-state index contributed by atoms with van der Waals surface area (Å²) in [4.78, 5) is 16.4. The van der Waals surface area contributed by atoms with Gasteiger partial charge in [0.25, 0.3) is 5.91 Å². The van der Waals surface area contributed by atoms with Gasteiger partial charge in [-0.15, -0.1) is 0 Å². The lowest BCUT2D eigenvalue weighted by molar-refractivity contribution is 0.0939. The maximum Gasteiger partial charge on any atom is 0.251 e. The summed E-state index contributed by atoms with van der Waals surface area (Å²) in [5.41, 5.74) is 0.687. The molecule has 0 spiro atoms. The van der Waals surface area contributed by atoms with Crippen molar-refractivity contribution in [2.75, 3.05) is 6.54 Å². The van der Waals surface area contributed by atoms with E-state index in [9.17, 15) is 4.79 Å². The number of amides is 1. The van der Waals surface area contributed by atoms with Gasteiger partial charge in [-0.1, -0.05) is 18.2 Å². The Balaban J connectivity index is 1.59.